The lowest BCUT2D eigenvalue weighted by molar-refractivity contribution is -0.176. The van der Waals surface area contributed by atoms with Crippen molar-refractivity contribution in [2.45, 2.75) is 62.8 Å². The fourth-order valence-corrected chi connectivity index (χ4v) is 8.33. The molecule has 0 saturated carbocycles. The molecule has 4 aromatic carbocycles. The van der Waals surface area contributed by atoms with Crippen LogP contribution in [-0.4, -0.2) is 28.9 Å². The number of nitrogens with one attached hydrogen (secondary N) is 1. The molecule has 5 nitrogen and oxygen atoms in total. The van der Waals surface area contributed by atoms with Gasteiger partial charge in [0.2, 0.25) is 5.91 Å². The van der Waals surface area contributed by atoms with E-state index in [4.69, 9.17) is 27.9 Å². The van der Waals surface area contributed by atoms with Crippen molar-refractivity contribution >= 4 is 40.8 Å². The number of hydrogen-bond acceptors (Lipinski definition) is 4. The molecule has 0 bridgehead atoms. The summed E-state index contributed by atoms with van der Waals surface area (Å²) in [7, 11) is 0. The molecule has 7 rings (SSSR count). The fourth-order valence-electron chi connectivity index (χ4n) is 7.98. The van der Waals surface area contributed by atoms with E-state index in [0.717, 1.165) is 11.1 Å². The van der Waals surface area contributed by atoms with Crippen LogP contribution in [-0.2, 0) is 19.7 Å². The highest BCUT2D eigenvalue weighted by Crippen LogP contribution is 2.64. The Bertz CT molecular complexity index is 1790. The van der Waals surface area contributed by atoms with Gasteiger partial charge in [-0.1, -0.05) is 123 Å². The van der Waals surface area contributed by atoms with Crippen LogP contribution in [0.5, 0.6) is 0 Å². The topological polar surface area (TPSA) is 58.6 Å². The van der Waals surface area contributed by atoms with E-state index in [9.17, 15) is 9.59 Å². The predicted molar refractivity (Wildman–Crippen MR) is 174 cm³/mol. The van der Waals surface area contributed by atoms with E-state index < -0.39 is 47.3 Å². The highest BCUT2D eigenvalue weighted by Gasteiger charge is 2.72. The minimum absolute atomic E-state index is 0.0749. The SMILES string of the molecule is CC(C)(C)C[C@H]1N2[C@H](C(=O)O[C@@H](c3ccccc3)[C@H]2c2ccccc2)[C@@H](c2cccc(Cl)c2F)[C@@]12C(=O)Nc1cc(Cl)ccc12. The minimum Gasteiger partial charge on any atom is -0.454 e. The molecular weight excluding hydrogens is 610 g/mol. The Morgan fingerprint density at radius 1 is 0.867 bits per heavy atom. The zero-order valence-electron chi connectivity index (χ0n) is 25.1. The van der Waals surface area contributed by atoms with Gasteiger partial charge in [0, 0.05) is 22.7 Å². The molecule has 0 radical (unpaired) electrons. The Morgan fingerprint density at radius 3 is 2.20 bits per heavy atom. The molecule has 0 aliphatic carbocycles. The first-order chi connectivity index (χ1) is 21.5. The molecule has 1 spiro atoms. The third-order valence-electron chi connectivity index (χ3n) is 9.55. The van der Waals surface area contributed by atoms with Crippen LogP contribution in [0.3, 0.4) is 0 Å². The summed E-state index contributed by atoms with van der Waals surface area (Å²) in [6.45, 7) is 6.35. The molecule has 45 heavy (non-hydrogen) atoms. The molecule has 3 heterocycles. The average molecular weight is 644 g/mol. The van der Waals surface area contributed by atoms with Gasteiger partial charge in [-0.25, -0.2) is 4.39 Å². The van der Waals surface area contributed by atoms with Crippen molar-refractivity contribution in [3.05, 3.63) is 135 Å². The zero-order valence-corrected chi connectivity index (χ0v) is 26.6. The van der Waals surface area contributed by atoms with E-state index in [2.05, 4.69) is 31.0 Å². The van der Waals surface area contributed by atoms with E-state index in [0.29, 0.717) is 22.7 Å². The van der Waals surface area contributed by atoms with Gasteiger partial charge in [-0.05, 0) is 52.3 Å². The van der Waals surface area contributed by atoms with Crippen molar-refractivity contribution < 1.29 is 18.7 Å². The molecule has 0 unspecified atom stereocenters. The third kappa shape index (κ3) is 4.68. The molecule has 4 aromatic rings. The second-order valence-electron chi connectivity index (χ2n) is 13.4. The van der Waals surface area contributed by atoms with Crippen LogP contribution in [0, 0.1) is 11.2 Å². The molecule has 2 fully saturated rings. The number of anilines is 1. The molecule has 1 amide bonds. The summed E-state index contributed by atoms with van der Waals surface area (Å²) in [5, 5.41) is 3.47. The van der Waals surface area contributed by atoms with Gasteiger partial charge in [0.05, 0.1) is 11.1 Å². The van der Waals surface area contributed by atoms with E-state index in [1.807, 2.05) is 66.7 Å². The van der Waals surface area contributed by atoms with E-state index in [1.54, 1.807) is 24.3 Å². The Kier molecular flexibility index (Phi) is 7.31. The number of hydrogen-bond donors (Lipinski definition) is 1. The largest absolute Gasteiger partial charge is 0.454 e. The number of nitrogens with zero attached hydrogens (tertiary/aromatic N) is 1. The quantitative estimate of drug-likeness (QED) is 0.226. The van der Waals surface area contributed by atoms with Gasteiger partial charge < -0.3 is 10.1 Å². The molecule has 2 saturated heterocycles. The van der Waals surface area contributed by atoms with Crippen molar-refractivity contribution in [1.29, 1.82) is 0 Å². The Labute approximate surface area is 272 Å². The van der Waals surface area contributed by atoms with Crippen LogP contribution in [0.25, 0.3) is 0 Å². The maximum absolute atomic E-state index is 16.3. The Hall–Kier alpha value is -3.71. The maximum atomic E-state index is 16.3. The molecule has 6 atom stereocenters. The highest BCUT2D eigenvalue weighted by atomic mass is 35.5. The van der Waals surface area contributed by atoms with Crippen LogP contribution in [0.1, 0.15) is 67.5 Å². The lowest BCUT2D eigenvalue weighted by atomic mass is 9.62. The summed E-state index contributed by atoms with van der Waals surface area (Å²) < 4.78 is 22.7. The number of benzene rings is 4. The minimum atomic E-state index is -1.37. The second kappa shape index (κ2) is 11.0. The van der Waals surface area contributed by atoms with Crippen molar-refractivity contribution in [2.24, 2.45) is 5.41 Å². The predicted octanol–water partition coefficient (Wildman–Crippen LogP) is 8.63. The number of rotatable bonds is 4. The van der Waals surface area contributed by atoms with Gasteiger partial charge in [-0.15, -0.1) is 0 Å². The maximum Gasteiger partial charge on any atom is 0.324 e. The number of halogens is 3. The van der Waals surface area contributed by atoms with Crippen LogP contribution in [0.2, 0.25) is 10.0 Å². The first-order valence-electron chi connectivity index (χ1n) is 15.2. The van der Waals surface area contributed by atoms with Gasteiger partial charge in [0.1, 0.15) is 23.4 Å². The smallest absolute Gasteiger partial charge is 0.324 e. The molecule has 0 aromatic heterocycles. The first kappa shape index (κ1) is 30.0. The molecular formula is C37H33Cl2FN2O3. The number of esters is 1. The lowest BCUT2D eigenvalue weighted by Crippen LogP contribution is -2.54. The summed E-state index contributed by atoms with van der Waals surface area (Å²) in [5.41, 5.74) is 1.55. The average Bonchev–Trinajstić information content (AvgIpc) is 3.46. The summed E-state index contributed by atoms with van der Waals surface area (Å²) in [6.07, 6.45) is -0.149. The van der Waals surface area contributed by atoms with E-state index in [1.165, 1.54) is 6.07 Å². The van der Waals surface area contributed by atoms with Gasteiger partial charge in [-0.3, -0.25) is 14.5 Å². The molecule has 1 N–H and O–H groups in total. The normalized spacial score (nSPS) is 27.6. The number of fused-ring (bicyclic) bond motifs is 3. The molecule has 3 aliphatic heterocycles. The van der Waals surface area contributed by atoms with Gasteiger partial charge in [0.25, 0.3) is 0 Å². The van der Waals surface area contributed by atoms with E-state index >= 15 is 4.39 Å². The molecule has 230 valence electrons. The van der Waals surface area contributed by atoms with Crippen molar-refractivity contribution in [2.75, 3.05) is 5.32 Å². The number of carbonyl (C=O) groups is 2. The Morgan fingerprint density at radius 2 is 1.53 bits per heavy atom. The monoisotopic (exact) mass is 642 g/mol. The number of carbonyl (C=O) groups excluding carboxylic acids is 2. The number of ether oxygens (including phenoxy) is 1. The summed E-state index contributed by atoms with van der Waals surface area (Å²) in [6, 6.07) is 27.7. The van der Waals surface area contributed by atoms with Gasteiger partial charge in [0.15, 0.2) is 0 Å². The zero-order chi connectivity index (χ0) is 31.7. The van der Waals surface area contributed by atoms with Crippen molar-refractivity contribution in [1.82, 2.24) is 4.90 Å². The van der Waals surface area contributed by atoms with Crippen molar-refractivity contribution in [3.8, 4) is 0 Å². The fraction of sp³-hybridized carbons (Fsp3) is 0.297. The van der Waals surface area contributed by atoms with Crippen LogP contribution >= 0.6 is 23.2 Å². The number of cyclic esters (lactones) is 1. The lowest BCUT2D eigenvalue weighted by Gasteiger charge is -2.47. The summed E-state index contributed by atoms with van der Waals surface area (Å²) in [4.78, 5) is 31.5. The standard InChI is InChI=1S/C37H33Cl2FN2O3/c1-36(2,3)20-28-37(25-18-17-23(38)19-27(25)41-35(37)44)29(24-15-10-16-26(39)30(24)40)32-34(43)45-33(22-13-8-5-9-14-22)31(42(28)32)21-11-6-4-7-12-21/h4-19,28-29,31-33H,20H2,1-3H3,(H,41,44)/t28-,29-,31-,32+,33+,37+/m1/s1. The molecule has 3 aliphatic rings. The Balaban J connectivity index is 1.58. The summed E-state index contributed by atoms with van der Waals surface area (Å²) in [5.74, 6) is -2.42. The number of morpholine rings is 1. The molecule has 8 heteroatoms. The first-order valence-corrected chi connectivity index (χ1v) is 15.9. The van der Waals surface area contributed by atoms with Crippen LogP contribution < -0.4 is 5.32 Å². The van der Waals surface area contributed by atoms with Crippen LogP contribution in [0.4, 0.5) is 10.1 Å². The number of amides is 1. The van der Waals surface area contributed by atoms with Gasteiger partial charge >= 0.3 is 5.97 Å². The van der Waals surface area contributed by atoms with Crippen LogP contribution in [0.15, 0.2) is 97.1 Å². The van der Waals surface area contributed by atoms with Crippen molar-refractivity contribution in [3.63, 3.8) is 0 Å². The highest BCUT2D eigenvalue weighted by molar-refractivity contribution is 6.31. The van der Waals surface area contributed by atoms with Gasteiger partial charge in [-0.2, -0.15) is 0 Å². The summed E-state index contributed by atoms with van der Waals surface area (Å²) >= 11 is 12.8. The van der Waals surface area contributed by atoms with E-state index in [-0.39, 0.29) is 21.9 Å². The third-order valence-corrected chi connectivity index (χ3v) is 10.1. The second-order valence-corrected chi connectivity index (χ2v) is 14.3.